The molecule has 1 aliphatic heterocycles. The molecule has 7 nitrogen and oxygen atoms in total. The Balaban J connectivity index is 1.39. The molecule has 0 amide bonds. The first-order chi connectivity index (χ1) is 13.7. The van der Waals surface area contributed by atoms with Crippen LogP contribution in [-0.2, 0) is 19.6 Å². The molecule has 0 atom stereocenters. The molecule has 28 heavy (non-hydrogen) atoms. The molecule has 7 heteroatoms. The molecule has 1 fully saturated rings. The van der Waals surface area contributed by atoms with Gasteiger partial charge in [-0.15, -0.1) is 0 Å². The Labute approximate surface area is 164 Å². The van der Waals surface area contributed by atoms with Crippen LogP contribution in [0.3, 0.4) is 0 Å². The fourth-order valence-corrected chi connectivity index (χ4v) is 3.82. The first kappa shape index (κ1) is 18.6. The molecule has 2 aromatic heterocycles. The van der Waals surface area contributed by atoms with Gasteiger partial charge in [0.2, 0.25) is 0 Å². The second kappa shape index (κ2) is 8.50. The monoisotopic (exact) mass is 378 g/mol. The summed E-state index contributed by atoms with van der Waals surface area (Å²) in [4.78, 5) is 21.6. The zero-order valence-corrected chi connectivity index (χ0v) is 15.9. The number of rotatable bonds is 6. The van der Waals surface area contributed by atoms with Gasteiger partial charge in [0.1, 0.15) is 5.82 Å². The average Bonchev–Trinajstić information content (AvgIpc) is 3.22. The Hall–Kier alpha value is -2.77. The zero-order chi connectivity index (χ0) is 19.3. The minimum atomic E-state index is -0.171. The standard InChI is InChI=1S/C21H26N6O/c22-13-19-12-20(28)25-21(24-19)18-4-1-3-17(11-18)14-26-9-5-16(6-10-26)15-27-8-2-7-23-27/h1-4,7-8,11-12,16H,5-6,9-10,13-15,22H2,(H,24,25,28). The van der Waals surface area contributed by atoms with Gasteiger partial charge in [-0.3, -0.25) is 14.4 Å². The summed E-state index contributed by atoms with van der Waals surface area (Å²) in [5.41, 5.74) is 8.22. The minimum Gasteiger partial charge on any atom is -0.325 e. The third kappa shape index (κ3) is 4.55. The van der Waals surface area contributed by atoms with Gasteiger partial charge in [0.15, 0.2) is 0 Å². The van der Waals surface area contributed by atoms with Crippen molar-refractivity contribution in [1.29, 1.82) is 0 Å². The van der Waals surface area contributed by atoms with E-state index in [1.54, 1.807) is 0 Å². The summed E-state index contributed by atoms with van der Waals surface area (Å²) in [5, 5.41) is 4.32. The topological polar surface area (TPSA) is 92.8 Å². The molecule has 1 aromatic carbocycles. The lowest BCUT2D eigenvalue weighted by atomic mass is 9.96. The Kier molecular flexibility index (Phi) is 5.64. The highest BCUT2D eigenvalue weighted by molar-refractivity contribution is 5.56. The lowest BCUT2D eigenvalue weighted by Gasteiger charge is -2.32. The molecule has 3 heterocycles. The van der Waals surface area contributed by atoms with E-state index in [1.807, 2.05) is 35.3 Å². The normalized spacial score (nSPS) is 15.8. The van der Waals surface area contributed by atoms with Crippen molar-refractivity contribution in [2.24, 2.45) is 11.7 Å². The van der Waals surface area contributed by atoms with Crippen LogP contribution in [0.5, 0.6) is 0 Å². The second-order valence-electron chi connectivity index (χ2n) is 7.44. The third-order valence-corrected chi connectivity index (χ3v) is 5.32. The second-order valence-corrected chi connectivity index (χ2v) is 7.44. The van der Waals surface area contributed by atoms with Gasteiger partial charge < -0.3 is 10.7 Å². The smallest absolute Gasteiger partial charge is 0.251 e. The summed E-state index contributed by atoms with van der Waals surface area (Å²) >= 11 is 0. The molecule has 3 aromatic rings. The summed E-state index contributed by atoms with van der Waals surface area (Å²) in [6.45, 7) is 4.35. The van der Waals surface area contributed by atoms with Crippen molar-refractivity contribution in [2.75, 3.05) is 13.1 Å². The van der Waals surface area contributed by atoms with E-state index in [2.05, 4.69) is 32.1 Å². The Morgan fingerprint density at radius 2 is 2.04 bits per heavy atom. The minimum absolute atomic E-state index is 0.171. The van der Waals surface area contributed by atoms with Crippen molar-refractivity contribution in [3.63, 3.8) is 0 Å². The molecule has 1 aliphatic rings. The van der Waals surface area contributed by atoms with Gasteiger partial charge >= 0.3 is 0 Å². The van der Waals surface area contributed by atoms with Gasteiger partial charge in [-0.05, 0) is 49.5 Å². The van der Waals surface area contributed by atoms with Gasteiger partial charge in [0.05, 0.1) is 5.69 Å². The highest BCUT2D eigenvalue weighted by atomic mass is 16.1. The molecule has 0 unspecified atom stereocenters. The van der Waals surface area contributed by atoms with Crippen LogP contribution in [0.2, 0.25) is 0 Å². The van der Waals surface area contributed by atoms with E-state index >= 15 is 0 Å². The first-order valence-corrected chi connectivity index (χ1v) is 9.79. The summed E-state index contributed by atoms with van der Waals surface area (Å²) < 4.78 is 2.03. The number of nitrogens with two attached hydrogens (primary N) is 1. The van der Waals surface area contributed by atoms with E-state index in [-0.39, 0.29) is 12.1 Å². The predicted octanol–water partition coefficient (Wildman–Crippen LogP) is 2.00. The van der Waals surface area contributed by atoms with E-state index < -0.39 is 0 Å². The fourth-order valence-electron chi connectivity index (χ4n) is 3.82. The highest BCUT2D eigenvalue weighted by Crippen LogP contribution is 2.22. The van der Waals surface area contributed by atoms with Crippen molar-refractivity contribution in [1.82, 2.24) is 24.6 Å². The maximum absolute atomic E-state index is 11.8. The number of aromatic amines is 1. The summed E-state index contributed by atoms with van der Waals surface area (Å²) in [7, 11) is 0. The summed E-state index contributed by atoms with van der Waals surface area (Å²) in [6.07, 6.45) is 6.25. The molecule has 0 bridgehead atoms. The molecular formula is C21H26N6O. The predicted molar refractivity (Wildman–Crippen MR) is 108 cm³/mol. The van der Waals surface area contributed by atoms with E-state index in [0.29, 0.717) is 17.4 Å². The van der Waals surface area contributed by atoms with Gasteiger partial charge in [-0.1, -0.05) is 18.2 Å². The lowest BCUT2D eigenvalue weighted by molar-refractivity contribution is 0.164. The molecule has 146 valence electrons. The summed E-state index contributed by atoms with van der Waals surface area (Å²) in [5.74, 6) is 1.27. The number of hydrogen-bond acceptors (Lipinski definition) is 5. The van der Waals surface area contributed by atoms with Crippen LogP contribution in [0.25, 0.3) is 11.4 Å². The van der Waals surface area contributed by atoms with E-state index in [9.17, 15) is 4.79 Å². The molecule has 4 rings (SSSR count). The first-order valence-electron chi connectivity index (χ1n) is 9.79. The number of H-pyrrole nitrogens is 1. The number of likely N-dealkylation sites (tertiary alicyclic amines) is 1. The SMILES string of the molecule is NCc1cc(=O)[nH]c(-c2cccc(CN3CCC(Cn4cccn4)CC3)c2)n1. The summed E-state index contributed by atoms with van der Waals surface area (Å²) in [6, 6.07) is 11.6. The number of piperidine rings is 1. The maximum atomic E-state index is 11.8. The number of hydrogen-bond donors (Lipinski definition) is 2. The van der Waals surface area contributed by atoms with Crippen molar-refractivity contribution >= 4 is 0 Å². The molecule has 0 aliphatic carbocycles. The Morgan fingerprint density at radius 1 is 1.18 bits per heavy atom. The molecule has 1 saturated heterocycles. The highest BCUT2D eigenvalue weighted by Gasteiger charge is 2.20. The van der Waals surface area contributed by atoms with Crippen molar-refractivity contribution < 1.29 is 0 Å². The van der Waals surface area contributed by atoms with Crippen molar-refractivity contribution in [3.8, 4) is 11.4 Å². The quantitative estimate of drug-likeness (QED) is 0.684. The van der Waals surface area contributed by atoms with Crippen molar-refractivity contribution in [3.05, 3.63) is 70.4 Å². The van der Waals surface area contributed by atoms with Gasteiger partial charge in [-0.25, -0.2) is 4.98 Å². The van der Waals surface area contributed by atoms with Gasteiger partial charge in [0.25, 0.3) is 5.56 Å². The van der Waals surface area contributed by atoms with Crippen molar-refractivity contribution in [2.45, 2.75) is 32.5 Å². The Bertz CT molecular complexity index is 957. The van der Waals surface area contributed by atoms with Crippen LogP contribution >= 0.6 is 0 Å². The van der Waals surface area contributed by atoms with Crippen LogP contribution in [0, 0.1) is 5.92 Å². The van der Waals surface area contributed by atoms with Gasteiger partial charge in [-0.2, -0.15) is 5.10 Å². The van der Waals surface area contributed by atoms with Crippen LogP contribution < -0.4 is 11.3 Å². The van der Waals surface area contributed by atoms with Crippen LogP contribution in [0.4, 0.5) is 0 Å². The number of aromatic nitrogens is 4. The molecule has 0 saturated carbocycles. The van der Waals surface area contributed by atoms with Crippen LogP contribution in [0.1, 0.15) is 24.1 Å². The number of nitrogens with zero attached hydrogens (tertiary/aromatic N) is 4. The van der Waals surface area contributed by atoms with Crippen LogP contribution in [-0.4, -0.2) is 37.7 Å². The number of benzene rings is 1. The zero-order valence-electron chi connectivity index (χ0n) is 15.9. The van der Waals surface area contributed by atoms with E-state index in [1.165, 1.54) is 24.5 Å². The van der Waals surface area contributed by atoms with E-state index in [4.69, 9.17) is 5.73 Å². The maximum Gasteiger partial charge on any atom is 0.251 e. The molecule has 0 spiro atoms. The fraction of sp³-hybridized carbons (Fsp3) is 0.381. The third-order valence-electron chi connectivity index (χ3n) is 5.32. The molecule has 0 radical (unpaired) electrons. The van der Waals surface area contributed by atoms with Gasteiger partial charge in [0, 0.05) is 43.7 Å². The van der Waals surface area contributed by atoms with Crippen LogP contribution in [0.15, 0.2) is 53.6 Å². The largest absolute Gasteiger partial charge is 0.325 e. The van der Waals surface area contributed by atoms with E-state index in [0.717, 1.165) is 31.7 Å². The molecule has 3 N–H and O–H groups in total. The number of nitrogens with one attached hydrogen (secondary N) is 1. The average molecular weight is 378 g/mol. The lowest BCUT2D eigenvalue weighted by Crippen LogP contribution is -2.34. The Morgan fingerprint density at radius 3 is 2.79 bits per heavy atom. The molecular weight excluding hydrogens is 352 g/mol.